The van der Waals surface area contributed by atoms with Crippen LogP contribution in [0.4, 0.5) is 0 Å². The summed E-state index contributed by atoms with van der Waals surface area (Å²) in [6, 6.07) is 0.216. The van der Waals surface area contributed by atoms with Crippen LogP contribution in [0.15, 0.2) is 12.4 Å². The van der Waals surface area contributed by atoms with Gasteiger partial charge in [-0.25, -0.2) is 4.98 Å². The molecule has 0 atom stereocenters. The summed E-state index contributed by atoms with van der Waals surface area (Å²) in [6.07, 6.45) is 3.55. The summed E-state index contributed by atoms with van der Waals surface area (Å²) >= 11 is 5.82. The monoisotopic (exact) mass is 253 g/mol. The van der Waals surface area contributed by atoms with E-state index in [-0.39, 0.29) is 11.3 Å². The Balaban J connectivity index is 2.44. The molecule has 0 saturated heterocycles. The molecule has 0 saturated carbocycles. The first-order valence-electron chi connectivity index (χ1n) is 5.30. The zero-order valence-electron chi connectivity index (χ0n) is 9.59. The minimum atomic E-state index is 0.101. The van der Waals surface area contributed by atoms with E-state index in [1.807, 2.05) is 24.6 Å². The van der Waals surface area contributed by atoms with Gasteiger partial charge in [-0.2, -0.15) is 15.0 Å². The second-order valence-corrected chi connectivity index (χ2v) is 3.52. The summed E-state index contributed by atoms with van der Waals surface area (Å²) < 4.78 is 7.13. The van der Waals surface area contributed by atoms with E-state index in [0.717, 1.165) is 6.54 Å². The van der Waals surface area contributed by atoms with Crippen LogP contribution in [0.1, 0.15) is 13.8 Å². The average molecular weight is 254 g/mol. The third-order valence-corrected chi connectivity index (χ3v) is 2.29. The number of rotatable bonds is 4. The zero-order valence-corrected chi connectivity index (χ0v) is 10.3. The van der Waals surface area contributed by atoms with Gasteiger partial charge in [-0.3, -0.25) is 0 Å². The van der Waals surface area contributed by atoms with Crippen LogP contribution in [-0.4, -0.2) is 31.1 Å². The molecule has 0 N–H and O–H groups in total. The van der Waals surface area contributed by atoms with Crippen molar-refractivity contribution < 1.29 is 4.74 Å². The molecular weight excluding hydrogens is 242 g/mol. The maximum Gasteiger partial charge on any atom is 0.321 e. The fourth-order valence-corrected chi connectivity index (χ4v) is 1.55. The predicted molar refractivity (Wildman–Crippen MR) is 62.9 cm³/mol. The van der Waals surface area contributed by atoms with Gasteiger partial charge in [-0.05, 0) is 25.4 Å². The summed E-state index contributed by atoms with van der Waals surface area (Å²) in [5, 5.41) is 0.101. The average Bonchev–Trinajstić information content (AvgIpc) is 2.76. The molecule has 0 amide bonds. The molecule has 2 aromatic rings. The molecule has 2 heterocycles. The van der Waals surface area contributed by atoms with E-state index in [4.69, 9.17) is 16.3 Å². The highest BCUT2D eigenvalue weighted by molar-refractivity contribution is 6.28. The van der Waals surface area contributed by atoms with Crippen LogP contribution in [0.2, 0.25) is 5.28 Å². The van der Waals surface area contributed by atoms with Gasteiger partial charge in [-0.15, -0.1) is 0 Å². The third kappa shape index (κ3) is 2.52. The van der Waals surface area contributed by atoms with Gasteiger partial charge in [0.25, 0.3) is 0 Å². The van der Waals surface area contributed by atoms with Crippen LogP contribution in [0.3, 0.4) is 0 Å². The number of aromatic nitrogens is 5. The van der Waals surface area contributed by atoms with Gasteiger partial charge in [0.15, 0.2) is 5.82 Å². The van der Waals surface area contributed by atoms with Gasteiger partial charge in [-0.1, -0.05) is 0 Å². The molecule has 0 aromatic carbocycles. The Hall–Kier alpha value is -1.69. The summed E-state index contributed by atoms with van der Waals surface area (Å²) in [4.78, 5) is 16.3. The minimum Gasteiger partial charge on any atom is -0.464 e. The summed E-state index contributed by atoms with van der Waals surface area (Å²) in [5.74, 6) is 1.07. The largest absolute Gasteiger partial charge is 0.464 e. The van der Waals surface area contributed by atoms with Crippen LogP contribution >= 0.6 is 11.6 Å². The lowest BCUT2D eigenvalue weighted by Crippen LogP contribution is -2.04. The normalized spacial score (nSPS) is 10.5. The topological polar surface area (TPSA) is 65.7 Å². The highest BCUT2D eigenvalue weighted by Gasteiger charge is 2.12. The van der Waals surface area contributed by atoms with E-state index in [1.54, 1.807) is 6.20 Å². The number of aryl methyl sites for hydroxylation is 1. The van der Waals surface area contributed by atoms with E-state index >= 15 is 0 Å². The van der Waals surface area contributed by atoms with Gasteiger partial charge in [0.1, 0.15) is 0 Å². The number of ether oxygens (including phenoxy) is 1. The SMILES string of the molecule is CCOc1nc(Cl)nc(-c2nccn2CC)n1. The summed E-state index contributed by atoms with van der Waals surface area (Å²) in [5.41, 5.74) is 0. The predicted octanol–water partition coefficient (Wildman–Crippen LogP) is 1.81. The first kappa shape index (κ1) is 11.8. The standard InChI is InChI=1S/C10H12ClN5O/c1-3-16-6-5-12-8(16)7-13-9(11)15-10(14-7)17-4-2/h5-6H,3-4H2,1-2H3. The Morgan fingerprint density at radius 3 is 2.82 bits per heavy atom. The van der Waals surface area contributed by atoms with E-state index in [1.165, 1.54) is 0 Å². The molecule has 7 heteroatoms. The van der Waals surface area contributed by atoms with Crippen molar-refractivity contribution >= 4 is 11.6 Å². The fraction of sp³-hybridized carbons (Fsp3) is 0.400. The van der Waals surface area contributed by atoms with Crippen molar-refractivity contribution in [2.45, 2.75) is 20.4 Å². The van der Waals surface area contributed by atoms with Gasteiger partial charge in [0, 0.05) is 18.9 Å². The molecule has 17 heavy (non-hydrogen) atoms. The first-order chi connectivity index (χ1) is 8.24. The highest BCUT2D eigenvalue weighted by Crippen LogP contribution is 2.17. The summed E-state index contributed by atoms with van der Waals surface area (Å²) in [7, 11) is 0. The van der Waals surface area contributed by atoms with Crippen LogP contribution < -0.4 is 4.74 Å². The molecule has 0 aliphatic heterocycles. The van der Waals surface area contributed by atoms with Gasteiger partial charge < -0.3 is 9.30 Å². The number of nitrogens with zero attached hydrogens (tertiary/aromatic N) is 5. The lowest BCUT2D eigenvalue weighted by Gasteiger charge is -2.05. The van der Waals surface area contributed by atoms with Crippen molar-refractivity contribution in [3.05, 3.63) is 17.7 Å². The van der Waals surface area contributed by atoms with Crippen LogP contribution in [0.25, 0.3) is 11.6 Å². The fourth-order valence-electron chi connectivity index (χ4n) is 1.40. The number of hydrogen-bond acceptors (Lipinski definition) is 5. The number of hydrogen-bond donors (Lipinski definition) is 0. The van der Waals surface area contributed by atoms with Crippen molar-refractivity contribution in [2.24, 2.45) is 0 Å². The third-order valence-electron chi connectivity index (χ3n) is 2.12. The Morgan fingerprint density at radius 2 is 2.12 bits per heavy atom. The maximum atomic E-state index is 5.82. The van der Waals surface area contributed by atoms with Crippen LogP contribution in [-0.2, 0) is 6.54 Å². The molecule has 0 bridgehead atoms. The van der Waals surface area contributed by atoms with Crippen molar-refractivity contribution in [3.8, 4) is 17.7 Å². The Labute approximate surface area is 104 Å². The van der Waals surface area contributed by atoms with E-state index in [9.17, 15) is 0 Å². The number of imidazole rings is 1. The van der Waals surface area contributed by atoms with Crippen LogP contribution in [0, 0.1) is 0 Å². The van der Waals surface area contributed by atoms with Crippen molar-refractivity contribution in [3.63, 3.8) is 0 Å². The molecule has 2 aromatic heterocycles. The molecule has 0 aliphatic carbocycles. The second-order valence-electron chi connectivity index (χ2n) is 3.18. The lowest BCUT2D eigenvalue weighted by molar-refractivity contribution is 0.311. The Kier molecular flexibility index (Phi) is 3.53. The maximum absolute atomic E-state index is 5.82. The smallest absolute Gasteiger partial charge is 0.321 e. The van der Waals surface area contributed by atoms with Gasteiger partial charge >= 0.3 is 6.01 Å². The van der Waals surface area contributed by atoms with Crippen molar-refractivity contribution in [2.75, 3.05) is 6.61 Å². The highest BCUT2D eigenvalue weighted by atomic mass is 35.5. The quantitative estimate of drug-likeness (QED) is 0.831. The van der Waals surface area contributed by atoms with E-state index in [2.05, 4.69) is 19.9 Å². The molecule has 90 valence electrons. The van der Waals surface area contributed by atoms with E-state index in [0.29, 0.717) is 18.3 Å². The molecule has 0 radical (unpaired) electrons. The van der Waals surface area contributed by atoms with E-state index < -0.39 is 0 Å². The van der Waals surface area contributed by atoms with Gasteiger partial charge in [0.2, 0.25) is 11.1 Å². The first-order valence-corrected chi connectivity index (χ1v) is 5.68. The molecule has 2 rings (SSSR count). The molecule has 0 fully saturated rings. The van der Waals surface area contributed by atoms with Gasteiger partial charge in [0.05, 0.1) is 6.61 Å². The minimum absolute atomic E-state index is 0.101. The molecule has 0 spiro atoms. The zero-order chi connectivity index (χ0) is 12.3. The number of halogens is 1. The molecule has 0 aliphatic rings. The van der Waals surface area contributed by atoms with Crippen molar-refractivity contribution in [1.29, 1.82) is 0 Å². The van der Waals surface area contributed by atoms with Crippen LogP contribution in [0.5, 0.6) is 6.01 Å². The Bertz CT molecular complexity index is 513. The Morgan fingerprint density at radius 1 is 1.29 bits per heavy atom. The molecular formula is C10H12ClN5O. The molecule has 6 nitrogen and oxygen atoms in total. The lowest BCUT2D eigenvalue weighted by atomic mass is 10.5. The second kappa shape index (κ2) is 5.09. The summed E-state index contributed by atoms with van der Waals surface area (Å²) in [6.45, 7) is 5.12. The molecule has 0 unspecified atom stereocenters. The van der Waals surface area contributed by atoms with Crippen molar-refractivity contribution in [1.82, 2.24) is 24.5 Å².